The number of nitrogen functional groups attached to an aromatic ring is 1. The van der Waals surface area contributed by atoms with Crippen molar-refractivity contribution in [2.75, 3.05) is 5.73 Å². The van der Waals surface area contributed by atoms with Crippen molar-refractivity contribution in [1.29, 1.82) is 0 Å². The molecule has 76 valence electrons. The van der Waals surface area contributed by atoms with Gasteiger partial charge in [-0.15, -0.1) is 0 Å². The molecular formula is C9H8N4O2. The van der Waals surface area contributed by atoms with Crippen molar-refractivity contribution >= 4 is 11.7 Å². The van der Waals surface area contributed by atoms with Crippen LogP contribution in [-0.4, -0.2) is 25.8 Å². The van der Waals surface area contributed by atoms with Gasteiger partial charge in [0.05, 0.1) is 18.1 Å². The van der Waals surface area contributed by atoms with Crippen molar-refractivity contribution in [1.82, 2.24) is 14.8 Å². The highest BCUT2D eigenvalue weighted by Gasteiger charge is 2.06. The molecule has 3 N–H and O–H groups in total. The molecule has 0 spiro atoms. The predicted octanol–water partition coefficient (Wildman–Crippen LogP) is 0.548. The molecule has 0 bridgehead atoms. The van der Waals surface area contributed by atoms with Crippen LogP contribution in [0.5, 0.6) is 0 Å². The Hall–Kier alpha value is -2.37. The Bertz CT molecular complexity index is 506. The van der Waals surface area contributed by atoms with Gasteiger partial charge in [-0.1, -0.05) is 6.07 Å². The molecule has 15 heavy (non-hydrogen) atoms. The second-order valence-corrected chi connectivity index (χ2v) is 2.90. The van der Waals surface area contributed by atoms with E-state index >= 15 is 0 Å². The molecule has 0 aromatic carbocycles. The number of pyridine rings is 1. The van der Waals surface area contributed by atoms with E-state index in [-0.39, 0.29) is 5.69 Å². The van der Waals surface area contributed by atoms with Crippen molar-refractivity contribution < 1.29 is 9.90 Å². The van der Waals surface area contributed by atoms with E-state index < -0.39 is 5.97 Å². The molecule has 0 unspecified atom stereocenters. The average molecular weight is 204 g/mol. The summed E-state index contributed by atoms with van der Waals surface area (Å²) in [5.41, 5.74) is 5.96. The van der Waals surface area contributed by atoms with E-state index in [0.29, 0.717) is 11.5 Å². The molecule has 0 saturated carbocycles. The third kappa shape index (κ3) is 1.78. The van der Waals surface area contributed by atoms with Crippen molar-refractivity contribution in [3.8, 4) is 5.82 Å². The van der Waals surface area contributed by atoms with Crippen LogP contribution >= 0.6 is 0 Å². The number of nitrogens with zero attached hydrogens (tertiary/aromatic N) is 3. The van der Waals surface area contributed by atoms with E-state index in [1.165, 1.54) is 16.9 Å². The van der Waals surface area contributed by atoms with Gasteiger partial charge in [-0.25, -0.2) is 14.5 Å². The highest BCUT2D eigenvalue weighted by molar-refractivity contribution is 5.85. The van der Waals surface area contributed by atoms with E-state index in [9.17, 15) is 4.79 Å². The summed E-state index contributed by atoms with van der Waals surface area (Å²) in [5.74, 6) is -0.649. The normalized spacial score (nSPS) is 10.1. The van der Waals surface area contributed by atoms with Crippen LogP contribution in [0.1, 0.15) is 10.5 Å². The molecule has 0 fully saturated rings. The van der Waals surface area contributed by atoms with Crippen molar-refractivity contribution in [3.05, 3.63) is 36.3 Å². The van der Waals surface area contributed by atoms with Gasteiger partial charge in [-0.3, -0.25) is 0 Å². The Morgan fingerprint density at radius 1 is 1.47 bits per heavy atom. The van der Waals surface area contributed by atoms with Crippen LogP contribution in [0.25, 0.3) is 5.82 Å². The number of nitrogens with two attached hydrogens (primary N) is 1. The summed E-state index contributed by atoms with van der Waals surface area (Å²) in [6, 6.07) is 4.67. The largest absolute Gasteiger partial charge is 0.477 e. The SMILES string of the molecule is Nc1cnn(-c2cccc(C(=O)O)n2)c1. The number of aromatic carboxylic acids is 1. The summed E-state index contributed by atoms with van der Waals surface area (Å²) in [6.07, 6.45) is 3.03. The Morgan fingerprint density at radius 3 is 2.87 bits per heavy atom. The lowest BCUT2D eigenvalue weighted by Gasteiger charge is -2.00. The molecule has 0 aliphatic rings. The lowest BCUT2D eigenvalue weighted by molar-refractivity contribution is 0.0690. The molecule has 2 aromatic heterocycles. The zero-order valence-corrected chi connectivity index (χ0v) is 7.66. The molecule has 2 heterocycles. The number of rotatable bonds is 2. The van der Waals surface area contributed by atoms with Gasteiger partial charge in [0.2, 0.25) is 0 Å². The maximum absolute atomic E-state index is 10.7. The van der Waals surface area contributed by atoms with E-state index in [0.717, 1.165) is 0 Å². The van der Waals surface area contributed by atoms with Gasteiger partial charge in [0, 0.05) is 0 Å². The first-order valence-corrected chi connectivity index (χ1v) is 4.17. The van der Waals surface area contributed by atoms with Gasteiger partial charge < -0.3 is 10.8 Å². The number of hydrogen-bond donors (Lipinski definition) is 2. The first-order chi connectivity index (χ1) is 7.16. The molecular weight excluding hydrogens is 196 g/mol. The van der Waals surface area contributed by atoms with Crippen molar-refractivity contribution in [3.63, 3.8) is 0 Å². The number of hydrogen-bond acceptors (Lipinski definition) is 4. The molecule has 0 atom stereocenters. The van der Waals surface area contributed by atoms with Crippen LogP contribution in [-0.2, 0) is 0 Å². The van der Waals surface area contributed by atoms with E-state index in [1.54, 1.807) is 18.3 Å². The minimum atomic E-state index is -1.07. The molecule has 2 rings (SSSR count). The minimum absolute atomic E-state index is 0.0263. The summed E-state index contributed by atoms with van der Waals surface area (Å²) in [5, 5.41) is 12.7. The summed E-state index contributed by atoms with van der Waals surface area (Å²) in [4.78, 5) is 14.6. The van der Waals surface area contributed by atoms with Crippen LogP contribution in [0, 0.1) is 0 Å². The standard InChI is InChI=1S/C9H8N4O2/c10-6-4-11-13(5-6)8-3-1-2-7(12-8)9(14)15/h1-5H,10H2,(H,14,15). The Labute approximate surface area is 85.0 Å². The van der Waals surface area contributed by atoms with Gasteiger partial charge >= 0.3 is 5.97 Å². The third-order valence-electron chi connectivity index (χ3n) is 1.79. The second kappa shape index (κ2) is 3.41. The zero-order valence-electron chi connectivity index (χ0n) is 7.66. The van der Waals surface area contributed by atoms with Crippen LogP contribution in [0.15, 0.2) is 30.6 Å². The first kappa shape index (κ1) is 9.20. The third-order valence-corrected chi connectivity index (χ3v) is 1.79. The fraction of sp³-hybridized carbons (Fsp3) is 0. The van der Waals surface area contributed by atoms with Crippen molar-refractivity contribution in [2.45, 2.75) is 0 Å². The van der Waals surface area contributed by atoms with Gasteiger partial charge in [-0.2, -0.15) is 5.10 Å². The number of carbonyl (C=O) groups is 1. The van der Waals surface area contributed by atoms with Crippen LogP contribution in [0.2, 0.25) is 0 Å². The monoisotopic (exact) mass is 204 g/mol. The topological polar surface area (TPSA) is 94.0 Å². The Kier molecular flexibility index (Phi) is 2.09. The van der Waals surface area contributed by atoms with Gasteiger partial charge in [-0.05, 0) is 12.1 Å². The van der Waals surface area contributed by atoms with E-state index in [2.05, 4.69) is 10.1 Å². The highest BCUT2D eigenvalue weighted by atomic mass is 16.4. The quantitative estimate of drug-likeness (QED) is 0.744. The molecule has 6 heteroatoms. The number of anilines is 1. The van der Waals surface area contributed by atoms with Gasteiger partial charge in [0.25, 0.3) is 0 Å². The first-order valence-electron chi connectivity index (χ1n) is 4.17. The number of aromatic nitrogens is 3. The molecule has 0 aliphatic heterocycles. The van der Waals surface area contributed by atoms with Crippen LogP contribution in [0.4, 0.5) is 5.69 Å². The lowest BCUT2D eigenvalue weighted by atomic mass is 10.3. The smallest absolute Gasteiger partial charge is 0.354 e. The lowest BCUT2D eigenvalue weighted by Crippen LogP contribution is -2.04. The van der Waals surface area contributed by atoms with Crippen molar-refractivity contribution in [2.24, 2.45) is 0 Å². The second-order valence-electron chi connectivity index (χ2n) is 2.90. The van der Waals surface area contributed by atoms with Crippen LogP contribution in [0.3, 0.4) is 0 Å². The average Bonchev–Trinajstić information content (AvgIpc) is 2.65. The van der Waals surface area contributed by atoms with Gasteiger partial charge in [0.15, 0.2) is 11.5 Å². The molecule has 0 amide bonds. The minimum Gasteiger partial charge on any atom is -0.477 e. The summed E-state index contributed by atoms with van der Waals surface area (Å²) in [7, 11) is 0. The fourth-order valence-electron chi connectivity index (χ4n) is 1.13. The number of carboxylic acids is 1. The van der Waals surface area contributed by atoms with E-state index in [4.69, 9.17) is 10.8 Å². The molecule has 0 radical (unpaired) electrons. The summed E-state index contributed by atoms with van der Waals surface area (Å²) >= 11 is 0. The fourth-order valence-corrected chi connectivity index (χ4v) is 1.13. The summed E-state index contributed by atoms with van der Waals surface area (Å²) in [6.45, 7) is 0. The molecule has 6 nitrogen and oxygen atoms in total. The maximum Gasteiger partial charge on any atom is 0.354 e. The van der Waals surface area contributed by atoms with Crippen LogP contribution < -0.4 is 5.73 Å². The Morgan fingerprint density at radius 2 is 2.27 bits per heavy atom. The zero-order chi connectivity index (χ0) is 10.8. The highest BCUT2D eigenvalue weighted by Crippen LogP contribution is 2.07. The molecule has 0 saturated heterocycles. The summed E-state index contributed by atoms with van der Waals surface area (Å²) < 4.78 is 1.42. The molecule has 0 aliphatic carbocycles. The number of carboxylic acid groups (broad SMARTS) is 1. The van der Waals surface area contributed by atoms with Gasteiger partial charge in [0.1, 0.15) is 0 Å². The Balaban J connectivity index is 2.45. The predicted molar refractivity (Wildman–Crippen MR) is 52.7 cm³/mol. The molecule has 2 aromatic rings. The van der Waals surface area contributed by atoms with E-state index in [1.807, 2.05) is 0 Å². The maximum atomic E-state index is 10.7.